The number of carboxylic acids is 1. The number of fused-ring (bicyclic) bond motifs is 1. The second-order valence-corrected chi connectivity index (χ2v) is 15.9. The monoisotopic (exact) mass is 702 g/mol. The van der Waals surface area contributed by atoms with Crippen LogP contribution in [0.2, 0.25) is 5.02 Å². The van der Waals surface area contributed by atoms with Gasteiger partial charge in [-0.25, -0.2) is 12.8 Å². The fourth-order valence-corrected chi connectivity index (χ4v) is 8.69. The van der Waals surface area contributed by atoms with Gasteiger partial charge in [0.2, 0.25) is 5.91 Å². The molecule has 6 rings (SSSR count). The molecule has 2 aromatic carbocycles. The number of carboxylic acid groups (broad SMARTS) is 1. The summed E-state index contributed by atoms with van der Waals surface area (Å²) in [5.41, 5.74) is 1.47. The summed E-state index contributed by atoms with van der Waals surface area (Å²) in [6, 6.07) is 9.55. The average Bonchev–Trinajstić information content (AvgIpc) is 3.64. The number of amides is 2. The van der Waals surface area contributed by atoms with E-state index in [1.165, 1.54) is 6.07 Å². The number of rotatable bonds is 9. The summed E-state index contributed by atoms with van der Waals surface area (Å²) >= 11 is 6.52. The number of ether oxygens (including phenoxy) is 1. The molecule has 2 N–H and O–H groups in total. The number of hydrogen-bond acceptors (Lipinski definition) is 7. The van der Waals surface area contributed by atoms with Crippen molar-refractivity contribution in [2.24, 2.45) is 13.0 Å². The van der Waals surface area contributed by atoms with Gasteiger partial charge < -0.3 is 24.6 Å². The lowest BCUT2D eigenvalue weighted by molar-refractivity contribution is -0.144. The van der Waals surface area contributed by atoms with Crippen LogP contribution in [0.4, 0.5) is 10.1 Å². The number of aryl methyl sites for hydroxylation is 1. The summed E-state index contributed by atoms with van der Waals surface area (Å²) in [5.74, 6) is -2.45. The minimum absolute atomic E-state index is 0.0680. The first-order chi connectivity index (χ1) is 22.9. The molecule has 48 heavy (non-hydrogen) atoms. The maximum atomic E-state index is 15.5. The van der Waals surface area contributed by atoms with Crippen LogP contribution in [-0.4, -0.2) is 102 Å². The van der Waals surface area contributed by atoms with Gasteiger partial charge in [-0.1, -0.05) is 29.8 Å². The molecule has 1 aromatic heterocycles. The number of carbonyl (C=O) groups excluding carboxylic acids is 2. The van der Waals surface area contributed by atoms with Crippen molar-refractivity contribution < 1.29 is 37.0 Å². The summed E-state index contributed by atoms with van der Waals surface area (Å²) in [5, 5.41) is 12.9. The molecule has 2 amide bonds. The van der Waals surface area contributed by atoms with E-state index in [2.05, 4.69) is 10.2 Å². The van der Waals surface area contributed by atoms with Gasteiger partial charge in [-0.3, -0.25) is 19.3 Å². The number of benzene rings is 2. The van der Waals surface area contributed by atoms with E-state index in [4.69, 9.17) is 16.3 Å². The van der Waals surface area contributed by atoms with Gasteiger partial charge in [0.1, 0.15) is 5.82 Å². The number of sulfone groups is 1. The largest absolute Gasteiger partial charge is 0.481 e. The second kappa shape index (κ2) is 14.1. The van der Waals surface area contributed by atoms with Crippen molar-refractivity contribution in [2.45, 2.75) is 56.7 Å². The van der Waals surface area contributed by atoms with Crippen LogP contribution < -0.4 is 5.32 Å². The molecular formula is C34H40ClFN4O7S. The van der Waals surface area contributed by atoms with E-state index < -0.39 is 27.5 Å². The fourth-order valence-electron chi connectivity index (χ4n) is 7.23. The Balaban J connectivity index is 1.14. The predicted octanol–water partition coefficient (Wildman–Crippen LogP) is 4.13. The Labute approximate surface area is 283 Å². The Morgan fingerprint density at radius 1 is 1.08 bits per heavy atom. The zero-order chi connectivity index (χ0) is 34.2. The topological polar surface area (TPSA) is 138 Å². The van der Waals surface area contributed by atoms with E-state index in [0.29, 0.717) is 57.3 Å². The van der Waals surface area contributed by atoms with Crippen LogP contribution in [0.15, 0.2) is 42.6 Å². The van der Waals surface area contributed by atoms with E-state index in [0.717, 1.165) is 17.0 Å². The van der Waals surface area contributed by atoms with E-state index in [-0.39, 0.29) is 70.8 Å². The average molecular weight is 703 g/mol. The molecule has 2 atom stereocenters. The van der Waals surface area contributed by atoms with Crippen molar-refractivity contribution in [1.29, 1.82) is 0 Å². The van der Waals surface area contributed by atoms with Crippen molar-refractivity contribution in [3.8, 4) is 0 Å². The third kappa shape index (κ3) is 7.54. The van der Waals surface area contributed by atoms with E-state index in [1.807, 2.05) is 35.9 Å². The first-order valence-corrected chi connectivity index (χ1v) is 18.5. The number of halogens is 2. The maximum Gasteiger partial charge on any atom is 0.306 e. The van der Waals surface area contributed by atoms with Crippen LogP contribution in [0.1, 0.15) is 48.0 Å². The molecule has 2 aliphatic heterocycles. The second-order valence-electron chi connectivity index (χ2n) is 13.1. The molecule has 0 bridgehead atoms. The predicted molar refractivity (Wildman–Crippen MR) is 179 cm³/mol. The van der Waals surface area contributed by atoms with Crippen molar-refractivity contribution in [2.75, 3.05) is 43.1 Å². The molecule has 0 spiro atoms. The van der Waals surface area contributed by atoms with Gasteiger partial charge in [-0.2, -0.15) is 0 Å². The third-order valence-electron chi connectivity index (χ3n) is 10.0. The summed E-state index contributed by atoms with van der Waals surface area (Å²) < 4.78 is 47.6. The fraction of sp³-hybridized carbons (Fsp3) is 0.500. The highest BCUT2D eigenvalue weighted by Gasteiger charge is 2.40. The molecule has 14 heteroatoms. The van der Waals surface area contributed by atoms with Gasteiger partial charge in [-0.05, 0) is 55.9 Å². The standard InChI is InChI=1S/C34H40ClFN4O7S/c1-38-19-27(26-4-2-3-5-31(26)38)33(42)37-30-17-29(36)22(14-28(30)35)15-32(41)40-18-23(39-10-12-48(45,46)13-11-39)16-24(40)20-47-25-8-6-21(7-9-25)34(43)44/h2-5,14,17,19,21,23-25H,6-13,15-16,18,20H2,1H3,(H,37,42)(H,43,44)/t21?,23-,24-,25?/m0/s1. The van der Waals surface area contributed by atoms with Crippen molar-refractivity contribution in [1.82, 2.24) is 14.4 Å². The Hall–Kier alpha value is -3.52. The summed E-state index contributed by atoms with van der Waals surface area (Å²) in [6.07, 6.45) is 4.24. The van der Waals surface area contributed by atoms with Crippen LogP contribution in [0.5, 0.6) is 0 Å². The van der Waals surface area contributed by atoms with Gasteiger partial charge in [0, 0.05) is 49.8 Å². The quantitative estimate of drug-likeness (QED) is 0.340. The van der Waals surface area contributed by atoms with Gasteiger partial charge in [0.05, 0.1) is 58.9 Å². The highest BCUT2D eigenvalue weighted by atomic mass is 35.5. The number of hydrogen-bond donors (Lipinski definition) is 2. The van der Waals surface area contributed by atoms with Crippen LogP contribution in [-0.2, 0) is 37.6 Å². The van der Waals surface area contributed by atoms with Crippen LogP contribution in [0.25, 0.3) is 10.9 Å². The zero-order valence-corrected chi connectivity index (χ0v) is 28.3. The lowest BCUT2D eigenvalue weighted by Gasteiger charge is -2.31. The third-order valence-corrected chi connectivity index (χ3v) is 11.9. The summed E-state index contributed by atoms with van der Waals surface area (Å²) in [6.45, 7) is 1.38. The number of aliphatic carboxylic acids is 1. The van der Waals surface area contributed by atoms with Crippen LogP contribution in [0, 0.1) is 11.7 Å². The summed E-state index contributed by atoms with van der Waals surface area (Å²) in [4.78, 5) is 42.1. The Bertz CT molecular complexity index is 1810. The molecule has 3 heterocycles. The van der Waals surface area contributed by atoms with E-state index >= 15 is 4.39 Å². The number of para-hydroxylation sites is 1. The molecule has 3 aromatic rings. The molecule has 11 nitrogen and oxygen atoms in total. The zero-order valence-electron chi connectivity index (χ0n) is 26.7. The van der Waals surface area contributed by atoms with Gasteiger partial charge in [0.15, 0.2) is 9.84 Å². The van der Waals surface area contributed by atoms with Crippen molar-refractivity contribution in [3.63, 3.8) is 0 Å². The molecule has 0 unspecified atom stereocenters. The minimum atomic E-state index is -3.08. The van der Waals surface area contributed by atoms with Gasteiger partial charge in [-0.15, -0.1) is 0 Å². The normalized spacial score (nSPS) is 24.5. The Morgan fingerprint density at radius 3 is 2.50 bits per heavy atom. The smallest absolute Gasteiger partial charge is 0.306 e. The number of aromatic nitrogens is 1. The lowest BCUT2D eigenvalue weighted by Crippen LogP contribution is -2.47. The summed E-state index contributed by atoms with van der Waals surface area (Å²) in [7, 11) is -1.25. The number of nitrogens with zero attached hydrogens (tertiary/aromatic N) is 3. The van der Waals surface area contributed by atoms with Crippen LogP contribution >= 0.6 is 11.6 Å². The highest BCUT2D eigenvalue weighted by molar-refractivity contribution is 7.91. The highest BCUT2D eigenvalue weighted by Crippen LogP contribution is 2.31. The van der Waals surface area contributed by atoms with Crippen molar-refractivity contribution in [3.05, 3.63) is 64.6 Å². The van der Waals surface area contributed by atoms with Crippen molar-refractivity contribution >= 4 is 55.8 Å². The molecule has 3 fully saturated rings. The molecule has 0 radical (unpaired) electrons. The molecule has 3 aliphatic rings. The first kappa shape index (κ1) is 34.3. The maximum absolute atomic E-state index is 15.5. The van der Waals surface area contributed by atoms with Crippen LogP contribution in [0.3, 0.4) is 0 Å². The van der Waals surface area contributed by atoms with E-state index in [9.17, 15) is 27.9 Å². The Morgan fingerprint density at radius 2 is 1.79 bits per heavy atom. The molecule has 258 valence electrons. The molecule has 1 saturated carbocycles. The number of carbonyl (C=O) groups is 3. The van der Waals surface area contributed by atoms with Gasteiger partial charge in [0.25, 0.3) is 5.91 Å². The number of nitrogens with one attached hydrogen (secondary N) is 1. The SMILES string of the molecule is Cn1cc(C(=O)Nc2cc(F)c(CC(=O)N3C[C@@H](N4CCS(=O)(=O)CC4)C[C@H]3COC3CCC(C(=O)O)CC3)cc2Cl)c2ccccc21. The Kier molecular flexibility index (Phi) is 10.1. The van der Waals surface area contributed by atoms with Gasteiger partial charge >= 0.3 is 5.97 Å². The molecule has 2 saturated heterocycles. The molecular weight excluding hydrogens is 663 g/mol. The number of anilines is 1. The number of likely N-dealkylation sites (tertiary alicyclic amines) is 1. The van der Waals surface area contributed by atoms with E-state index in [1.54, 1.807) is 11.1 Å². The first-order valence-electron chi connectivity index (χ1n) is 16.3. The lowest BCUT2D eigenvalue weighted by atomic mass is 9.87. The molecule has 1 aliphatic carbocycles. The minimum Gasteiger partial charge on any atom is -0.481 e.